The molecule has 2 aromatic rings. The van der Waals surface area contributed by atoms with Crippen LogP contribution >= 0.6 is 0 Å². The molecule has 6 heteroatoms. The third-order valence-electron chi connectivity index (χ3n) is 4.99. The summed E-state index contributed by atoms with van der Waals surface area (Å²) in [4.78, 5) is 25.4. The Morgan fingerprint density at radius 2 is 1.89 bits per heavy atom. The zero-order valence-corrected chi connectivity index (χ0v) is 16.1. The van der Waals surface area contributed by atoms with Crippen molar-refractivity contribution < 1.29 is 23.8 Å². The normalized spacial score (nSPS) is 18.7. The summed E-state index contributed by atoms with van der Waals surface area (Å²) in [5.74, 6) is -0.841. The SMILES string of the molecule is CO[C@@H](c1ccc(C(=O)O)o1)C1CCC(=O)N1c1ccc(C(C)(C)C)cc1. The lowest BCUT2D eigenvalue weighted by molar-refractivity contribution is -0.117. The summed E-state index contributed by atoms with van der Waals surface area (Å²) in [7, 11) is 1.54. The van der Waals surface area contributed by atoms with Gasteiger partial charge in [0.2, 0.25) is 11.7 Å². The van der Waals surface area contributed by atoms with E-state index in [0.717, 1.165) is 5.69 Å². The van der Waals surface area contributed by atoms with Crippen LogP contribution in [0.2, 0.25) is 0 Å². The number of carboxylic acid groups (broad SMARTS) is 1. The van der Waals surface area contributed by atoms with E-state index >= 15 is 0 Å². The van der Waals surface area contributed by atoms with Gasteiger partial charge in [-0.1, -0.05) is 32.9 Å². The van der Waals surface area contributed by atoms with Gasteiger partial charge in [0.15, 0.2) is 0 Å². The smallest absolute Gasteiger partial charge is 0.371 e. The van der Waals surface area contributed by atoms with E-state index < -0.39 is 12.1 Å². The van der Waals surface area contributed by atoms with Crippen LogP contribution in [0.5, 0.6) is 0 Å². The number of hydrogen-bond donors (Lipinski definition) is 1. The fourth-order valence-electron chi connectivity index (χ4n) is 3.53. The zero-order chi connectivity index (χ0) is 19.8. The van der Waals surface area contributed by atoms with Gasteiger partial charge in [0, 0.05) is 19.2 Å². The summed E-state index contributed by atoms with van der Waals surface area (Å²) in [6, 6.07) is 10.7. The largest absolute Gasteiger partial charge is 0.475 e. The summed E-state index contributed by atoms with van der Waals surface area (Å²) in [5.41, 5.74) is 2.03. The molecule has 3 rings (SSSR count). The highest BCUT2D eigenvalue weighted by Gasteiger charge is 2.40. The molecule has 1 unspecified atom stereocenters. The van der Waals surface area contributed by atoms with Gasteiger partial charge < -0.3 is 19.2 Å². The molecule has 1 aromatic carbocycles. The summed E-state index contributed by atoms with van der Waals surface area (Å²) < 4.78 is 11.0. The van der Waals surface area contributed by atoms with E-state index in [9.17, 15) is 9.59 Å². The predicted octanol–water partition coefficient (Wildman–Crippen LogP) is 4.16. The molecular weight excluding hydrogens is 346 g/mol. The van der Waals surface area contributed by atoms with Crippen LogP contribution in [0.25, 0.3) is 0 Å². The first-order chi connectivity index (χ1) is 12.7. The molecule has 1 aliphatic rings. The predicted molar refractivity (Wildman–Crippen MR) is 101 cm³/mol. The molecule has 2 heterocycles. The van der Waals surface area contributed by atoms with Crippen molar-refractivity contribution in [1.29, 1.82) is 0 Å². The minimum atomic E-state index is -1.13. The van der Waals surface area contributed by atoms with Gasteiger partial charge in [-0.25, -0.2) is 4.79 Å². The number of carbonyl (C=O) groups is 2. The van der Waals surface area contributed by atoms with Gasteiger partial charge in [-0.05, 0) is 41.7 Å². The van der Waals surface area contributed by atoms with Gasteiger partial charge in [-0.2, -0.15) is 0 Å². The van der Waals surface area contributed by atoms with Gasteiger partial charge in [0.05, 0.1) is 6.04 Å². The second-order valence-corrected chi connectivity index (χ2v) is 7.83. The maximum Gasteiger partial charge on any atom is 0.371 e. The zero-order valence-electron chi connectivity index (χ0n) is 16.1. The number of nitrogens with zero attached hydrogens (tertiary/aromatic N) is 1. The third-order valence-corrected chi connectivity index (χ3v) is 4.99. The Morgan fingerprint density at radius 1 is 1.22 bits per heavy atom. The molecule has 144 valence electrons. The second kappa shape index (κ2) is 7.19. The number of anilines is 1. The molecule has 1 aliphatic heterocycles. The van der Waals surface area contributed by atoms with Crippen molar-refractivity contribution in [2.75, 3.05) is 12.0 Å². The number of benzene rings is 1. The van der Waals surface area contributed by atoms with Crippen molar-refractivity contribution in [3.63, 3.8) is 0 Å². The van der Waals surface area contributed by atoms with E-state index in [4.69, 9.17) is 14.3 Å². The molecule has 1 saturated heterocycles. The number of aromatic carboxylic acids is 1. The highest BCUT2D eigenvalue weighted by atomic mass is 16.5. The van der Waals surface area contributed by atoms with Gasteiger partial charge in [0.25, 0.3) is 0 Å². The fourth-order valence-corrected chi connectivity index (χ4v) is 3.53. The number of furan rings is 1. The van der Waals surface area contributed by atoms with E-state index in [-0.39, 0.29) is 23.1 Å². The van der Waals surface area contributed by atoms with E-state index in [2.05, 4.69) is 20.8 Å². The van der Waals surface area contributed by atoms with E-state index in [0.29, 0.717) is 18.6 Å². The lowest BCUT2D eigenvalue weighted by atomic mass is 9.87. The summed E-state index contributed by atoms with van der Waals surface area (Å²) in [5, 5.41) is 9.08. The minimum Gasteiger partial charge on any atom is -0.475 e. The van der Waals surface area contributed by atoms with Crippen molar-refractivity contribution in [2.45, 2.75) is 51.2 Å². The molecule has 0 bridgehead atoms. The molecule has 1 N–H and O–H groups in total. The topological polar surface area (TPSA) is 80.0 Å². The molecular formula is C21H25NO5. The summed E-state index contributed by atoms with van der Waals surface area (Å²) in [6.45, 7) is 6.43. The van der Waals surface area contributed by atoms with Crippen molar-refractivity contribution in [2.24, 2.45) is 0 Å². The summed E-state index contributed by atoms with van der Waals surface area (Å²) in [6.07, 6.45) is 0.492. The molecule has 0 aliphatic carbocycles. The maximum absolute atomic E-state index is 12.6. The first-order valence-corrected chi connectivity index (χ1v) is 9.01. The lowest BCUT2D eigenvalue weighted by Crippen LogP contribution is -2.38. The van der Waals surface area contributed by atoms with Crippen molar-refractivity contribution in [3.05, 3.63) is 53.5 Å². The van der Waals surface area contributed by atoms with Crippen LogP contribution in [0.15, 0.2) is 40.8 Å². The highest BCUT2D eigenvalue weighted by molar-refractivity contribution is 5.96. The molecule has 0 saturated carbocycles. The quantitative estimate of drug-likeness (QED) is 0.854. The number of carboxylic acids is 1. The van der Waals surface area contributed by atoms with Crippen LogP contribution in [-0.4, -0.2) is 30.1 Å². The van der Waals surface area contributed by atoms with Crippen LogP contribution in [0.1, 0.15) is 61.6 Å². The Hall–Kier alpha value is -2.60. The standard InChI is InChI=1S/C21H25NO5/c1-21(2,3)13-5-7-14(8-6-13)22-15(9-12-18(22)23)19(26-4)16-10-11-17(27-16)20(24)25/h5-8,10-11,15,19H,9,12H2,1-4H3,(H,24,25)/t15?,19-/m1/s1. The Labute approximate surface area is 158 Å². The molecule has 0 spiro atoms. The number of hydrogen-bond acceptors (Lipinski definition) is 4. The number of carbonyl (C=O) groups excluding carboxylic acids is 1. The molecule has 0 radical (unpaired) electrons. The van der Waals surface area contributed by atoms with Gasteiger partial charge >= 0.3 is 5.97 Å². The Morgan fingerprint density at radius 3 is 2.41 bits per heavy atom. The third kappa shape index (κ3) is 3.76. The Balaban J connectivity index is 1.91. The lowest BCUT2D eigenvalue weighted by Gasteiger charge is -2.30. The number of rotatable bonds is 5. The Kier molecular flexibility index (Phi) is 5.11. The van der Waals surface area contributed by atoms with E-state index in [1.807, 2.05) is 24.3 Å². The minimum absolute atomic E-state index is 0.0237. The highest BCUT2D eigenvalue weighted by Crippen LogP contribution is 2.37. The van der Waals surface area contributed by atoms with E-state index in [1.54, 1.807) is 11.0 Å². The number of ether oxygens (including phenoxy) is 1. The monoisotopic (exact) mass is 371 g/mol. The van der Waals surface area contributed by atoms with Gasteiger partial charge in [0.1, 0.15) is 11.9 Å². The van der Waals surface area contributed by atoms with Crippen LogP contribution in [0.4, 0.5) is 5.69 Å². The molecule has 6 nitrogen and oxygen atoms in total. The van der Waals surface area contributed by atoms with Crippen molar-refractivity contribution in [3.8, 4) is 0 Å². The first kappa shape index (κ1) is 19.2. The van der Waals surface area contributed by atoms with Crippen LogP contribution < -0.4 is 4.90 Å². The van der Waals surface area contributed by atoms with Crippen LogP contribution in [-0.2, 0) is 14.9 Å². The molecule has 1 aromatic heterocycles. The average molecular weight is 371 g/mol. The maximum atomic E-state index is 12.6. The average Bonchev–Trinajstić information content (AvgIpc) is 3.23. The first-order valence-electron chi connectivity index (χ1n) is 9.01. The molecule has 1 amide bonds. The summed E-state index contributed by atoms with van der Waals surface area (Å²) >= 11 is 0. The van der Waals surface area contributed by atoms with Gasteiger partial charge in [-0.3, -0.25) is 4.79 Å². The molecule has 2 atom stereocenters. The van der Waals surface area contributed by atoms with Crippen molar-refractivity contribution in [1.82, 2.24) is 0 Å². The number of methoxy groups -OCH3 is 1. The van der Waals surface area contributed by atoms with Crippen LogP contribution in [0, 0.1) is 0 Å². The Bertz CT molecular complexity index is 831. The molecule has 1 fully saturated rings. The van der Waals surface area contributed by atoms with Crippen molar-refractivity contribution >= 4 is 17.6 Å². The number of amides is 1. The second-order valence-electron chi connectivity index (χ2n) is 7.83. The van der Waals surface area contributed by atoms with E-state index in [1.165, 1.54) is 18.7 Å². The fraction of sp³-hybridized carbons (Fsp3) is 0.429. The van der Waals surface area contributed by atoms with Gasteiger partial charge in [-0.15, -0.1) is 0 Å². The molecule has 27 heavy (non-hydrogen) atoms. The van der Waals surface area contributed by atoms with Crippen LogP contribution in [0.3, 0.4) is 0 Å².